The minimum atomic E-state index is -1.82. The number of benzene rings is 1. The predicted molar refractivity (Wildman–Crippen MR) is 73.5 cm³/mol. The third-order valence-electron chi connectivity index (χ3n) is 2.71. The lowest BCUT2D eigenvalue weighted by atomic mass is 10.2. The third kappa shape index (κ3) is 5.45. The molecular formula is C12H15N3O6. The molecule has 0 aromatic heterocycles. The molecule has 21 heavy (non-hydrogen) atoms. The molecule has 2 rings (SSSR count). The maximum Gasteiger partial charge on any atom is 0.414 e. The topological polar surface area (TPSA) is 133 Å². The molecule has 1 aromatic rings. The van der Waals surface area contributed by atoms with Crippen LogP contribution in [0.3, 0.4) is 0 Å². The highest BCUT2D eigenvalue weighted by molar-refractivity contribution is 6.27. The second kappa shape index (κ2) is 7.80. The van der Waals surface area contributed by atoms with Crippen molar-refractivity contribution in [3.05, 3.63) is 34.4 Å². The Bertz CT molecular complexity index is 515. The number of nitrogens with zero attached hydrogens (tertiary/aromatic N) is 2. The van der Waals surface area contributed by atoms with Crippen LogP contribution in [-0.4, -0.2) is 53.3 Å². The van der Waals surface area contributed by atoms with Crippen LogP contribution in [0.1, 0.15) is 0 Å². The molecule has 0 aliphatic carbocycles. The lowest BCUT2D eigenvalue weighted by Gasteiger charge is -2.29. The molecule has 0 unspecified atom stereocenters. The van der Waals surface area contributed by atoms with Crippen LogP contribution >= 0.6 is 0 Å². The van der Waals surface area contributed by atoms with Crippen molar-refractivity contribution in [1.82, 2.24) is 5.32 Å². The zero-order chi connectivity index (χ0) is 15.8. The molecule has 0 bridgehead atoms. The van der Waals surface area contributed by atoms with Crippen LogP contribution in [0.2, 0.25) is 0 Å². The van der Waals surface area contributed by atoms with Crippen LogP contribution in [0.15, 0.2) is 24.3 Å². The molecule has 1 aliphatic rings. The lowest BCUT2D eigenvalue weighted by Crippen LogP contribution is -2.43. The molecule has 0 saturated carbocycles. The maximum atomic E-state index is 10.6. The lowest BCUT2D eigenvalue weighted by molar-refractivity contribution is -0.384. The number of piperazine rings is 1. The standard InChI is InChI=1S/C10H13N3O2.C2H2O4/c14-13(15)10-3-1-2-9(8-10)12-6-4-11-5-7-12;3-1(4)2(5)6/h1-3,8,11H,4-7H2;(H,3,4)(H,5,6). The summed E-state index contributed by atoms with van der Waals surface area (Å²) in [5, 5.41) is 28.6. The summed E-state index contributed by atoms with van der Waals surface area (Å²) in [5.74, 6) is -3.65. The van der Waals surface area contributed by atoms with E-state index in [9.17, 15) is 10.1 Å². The van der Waals surface area contributed by atoms with Gasteiger partial charge in [0.15, 0.2) is 0 Å². The first-order valence-electron chi connectivity index (χ1n) is 6.08. The van der Waals surface area contributed by atoms with Crippen molar-refractivity contribution in [3.63, 3.8) is 0 Å². The Morgan fingerprint density at radius 3 is 2.24 bits per heavy atom. The molecule has 0 amide bonds. The Balaban J connectivity index is 0.000000315. The van der Waals surface area contributed by atoms with E-state index in [1.54, 1.807) is 12.1 Å². The normalized spacial score (nSPS) is 13.8. The van der Waals surface area contributed by atoms with Gasteiger partial charge in [0, 0.05) is 44.0 Å². The number of non-ortho nitro benzene ring substituents is 1. The van der Waals surface area contributed by atoms with E-state index in [0.29, 0.717) is 0 Å². The number of anilines is 1. The Kier molecular flexibility index (Phi) is 6.08. The van der Waals surface area contributed by atoms with Crippen molar-refractivity contribution in [1.29, 1.82) is 0 Å². The largest absolute Gasteiger partial charge is 0.473 e. The van der Waals surface area contributed by atoms with Gasteiger partial charge in [0.2, 0.25) is 0 Å². The van der Waals surface area contributed by atoms with Gasteiger partial charge < -0.3 is 20.4 Å². The SMILES string of the molecule is O=C(O)C(=O)O.O=[N+]([O-])c1cccc(N2CCNCC2)c1. The quantitative estimate of drug-likeness (QED) is 0.399. The first kappa shape index (κ1) is 16.4. The van der Waals surface area contributed by atoms with Gasteiger partial charge in [-0.25, -0.2) is 9.59 Å². The number of hydrogen-bond donors (Lipinski definition) is 3. The molecule has 0 spiro atoms. The summed E-state index contributed by atoms with van der Waals surface area (Å²) in [7, 11) is 0. The monoisotopic (exact) mass is 297 g/mol. The second-order valence-corrected chi connectivity index (χ2v) is 4.12. The number of carboxylic acid groups (broad SMARTS) is 2. The fourth-order valence-electron chi connectivity index (χ4n) is 1.73. The van der Waals surface area contributed by atoms with E-state index in [-0.39, 0.29) is 10.6 Å². The summed E-state index contributed by atoms with van der Waals surface area (Å²) >= 11 is 0. The number of aliphatic carboxylic acids is 2. The summed E-state index contributed by atoms with van der Waals surface area (Å²) in [5.41, 5.74) is 1.09. The minimum Gasteiger partial charge on any atom is -0.473 e. The van der Waals surface area contributed by atoms with E-state index in [2.05, 4.69) is 10.2 Å². The van der Waals surface area contributed by atoms with Crippen molar-refractivity contribution in [2.24, 2.45) is 0 Å². The number of nitro groups is 1. The number of nitrogens with one attached hydrogen (secondary N) is 1. The predicted octanol–water partition coefficient (Wildman–Crippen LogP) is 0.160. The van der Waals surface area contributed by atoms with Gasteiger partial charge in [0.1, 0.15) is 0 Å². The molecule has 1 aromatic carbocycles. The summed E-state index contributed by atoms with van der Waals surface area (Å²) in [6.07, 6.45) is 0. The van der Waals surface area contributed by atoms with Gasteiger partial charge in [-0.3, -0.25) is 10.1 Å². The molecule has 1 aliphatic heterocycles. The zero-order valence-corrected chi connectivity index (χ0v) is 11.1. The van der Waals surface area contributed by atoms with Gasteiger partial charge in [-0.1, -0.05) is 6.07 Å². The first-order valence-corrected chi connectivity index (χ1v) is 6.08. The van der Waals surface area contributed by atoms with Crippen molar-refractivity contribution >= 4 is 23.3 Å². The van der Waals surface area contributed by atoms with Gasteiger partial charge in [-0.15, -0.1) is 0 Å². The highest BCUT2D eigenvalue weighted by atomic mass is 16.6. The van der Waals surface area contributed by atoms with Gasteiger partial charge in [-0.2, -0.15) is 0 Å². The van der Waals surface area contributed by atoms with E-state index < -0.39 is 11.9 Å². The van der Waals surface area contributed by atoms with Crippen LogP contribution in [-0.2, 0) is 9.59 Å². The number of carboxylic acids is 2. The smallest absolute Gasteiger partial charge is 0.414 e. The molecule has 1 fully saturated rings. The molecule has 114 valence electrons. The van der Waals surface area contributed by atoms with E-state index in [4.69, 9.17) is 19.8 Å². The van der Waals surface area contributed by atoms with Crippen LogP contribution in [0.25, 0.3) is 0 Å². The Hall–Kier alpha value is -2.68. The molecule has 0 atom stereocenters. The van der Waals surface area contributed by atoms with Crippen molar-refractivity contribution < 1.29 is 24.7 Å². The van der Waals surface area contributed by atoms with Crippen molar-refractivity contribution in [2.45, 2.75) is 0 Å². The fraction of sp³-hybridized carbons (Fsp3) is 0.333. The molecule has 9 heteroatoms. The molecule has 9 nitrogen and oxygen atoms in total. The van der Waals surface area contributed by atoms with Gasteiger partial charge in [0.25, 0.3) is 5.69 Å². The highest BCUT2D eigenvalue weighted by Gasteiger charge is 2.13. The number of rotatable bonds is 2. The Morgan fingerprint density at radius 1 is 1.19 bits per heavy atom. The van der Waals surface area contributed by atoms with Crippen LogP contribution < -0.4 is 10.2 Å². The minimum absolute atomic E-state index is 0.158. The summed E-state index contributed by atoms with van der Waals surface area (Å²) < 4.78 is 0. The second-order valence-electron chi connectivity index (χ2n) is 4.12. The molecule has 1 saturated heterocycles. The van der Waals surface area contributed by atoms with Gasteiger partial charge in [0.05, 0.1) is 4.92 Å². The van der Waals surface area contributed by atoms with E-state index in [1.165, 1.54) is 6.07 Å². The Labute approximate surface area is 119 Å². The zero-order valence-electron chi connectivity index (χ0n) is 11.1. The van der Waals surface area contributed by atoms with Crippen LogP contribution in [0, 0.1) is 10.1 Å². The van der Waals surface area contributed by atoms with Crippen molar-refractivity contribution in [3.8, 4) is 0 Å². The highest BCUT2D eigenvalue weighted by Crippen LogP contribution is 2.20. The maximum absolute atomic E-state index is 10.6. The fourth-order valence-corrected chi connectivity index (χ4v) is 1.73. The summed E-state index contributed by atoms with van der Waals surface area (Å²) in [6.45, 7) is 3.67. The van der Waals surface area contributed by atoms with E-state index in [1.807, 2.05) is 6.07 Å². The van der Waals surface area contributed by atoms with E-state index >= 15 is 0 Å². The summed E-state index contributed by atoms with van der Waals surface area (Å²) in [6, 6.07) is 6.80. The average molecular weight is 297 g/mol. The molecule has 0 radical (unpaired) electrons. The number of carbonyl (C=O) groups is 2. The van der Waals surface area contributed by atoms with Crippen molar-refractivity contribution in [2.75, 3.05) is 31.1 Å². The summed E-state index contributed by atoms with van der Waals surface area (Å²) in [4.78, 5) is 30.6. The average Bonchev–Trinajstić information content (AvgIpc) is 2.49. The van der Waals surface area contributed by atoms with E-state index in [0.717, 1.165) is 31.9 Å². The Morgan fingerprint density at radius 2 is 1.76 bits per heavy atom. The van der Waals surface area contributed by atoms with Gasteiger partial charge >= 0.3 is 11.9 Å². The van der Waals surface area contributed by atoms with Crippen LogP contribution in [0.5, 0.6) is 0 Å². The third-order valence-corrected chi connectivity index (χ3v) is 2.71. The first-order chi connectivity index (χ1) is 9.91. The van der Waals surface area contributed by atoms with Gasteiger partial charge in [-0.05, 0) is 6.07 Å². The molecular weight excluding hydrogens is 282 g/mol. The van der Waals surface area contributed by atoms with Crippen LogP contribution in [0.4, 0.5) is 11.4 Å². The molecule has 3 N–H and O–H groups in total. The molecule has 1 heterocycles. The number of nitro benzene ring substituents is 1. The number of hydrogen-bond acceptors (Lipinski definition) is 6.